The van der Waals surface area contributed by atoms with Crippen molar-refractivity contribution in [1.29, 1.82) is 0 Å². The fourth-order valence-electron chi connectivity index (χ4n) is 1.27. The number of nitrogens with one attached hydrogen (secondary N) is 1. The maximum Gasteiger partial charge on any atom is 0.157 e. The van der Waals surface area contributed by atoms with Gasteiger partial charge in [0.15, 0.2) is 11.0 Å². The number of hydrogen-bond acceptors (Lipinski definition) is 5. The Hall–Kier alpha value is -1.07. The Bertz CT molecular complexity index is 346. The Morgan fingerprint density at radius 2 is 2.18 bits per heavy atom. The number of anilines is 2. The summed E-state index contributed by atoms with van der Waals surface area (Å²) < 4.78 is 5.44. The first-order chi connectivity index (χ1) is 8.11. The molecule has 0 aliphatic rings. The Labute approximate surface area is 107 Å². The summed E-state index contributed by atoms with van der Waals surface area (Å²) in [4.78, 5) is 7.81. The zero-order valence-corrected chi connectivity index (χ0v) is 11.0. The standard InChI is InChI=1S/C11H19ClN4O/c1-8(2)17-6-4-3-5-14-11-9(13)10(12)15-7-16-11/h7-8H,3-6,13H2,1-2H3,(H,14,15,16). The number of aromatic nitrogens is 2. The number of nitrogen functional groups attached to an aromatic ring is 1. The third-order valence-electron chi connectivity index (χ3n) is 2.15. The molecule has 0 aliphatic heterocycles. The van der Waals surface area contributed by atoms with E-state index in [-0.39, 0.29) is 5.15 Å². The number of rotatable bonds is 7. The summed E-state index contributed by atoms with van der Waals surface area (Å²) in [6, 6.07) is 0. The van der Waals surface area contributed by atoms with Crippen LogP contribution in [0.25, 0.3) is 0 Å². The number of ether oxygens (including phenoxy) is 1. The first-order valence-electron chi connectivity index (χ1n) is 5.72. The van der Waals surface area contributed by atoms with Crippen molar-refractivity contribution in [2.45, 2.75) is 32.8 Å². The van der Waals surface area contributed by atoms with E-state index in [9.17, 15) is 0 Å². The molecule has 0 unspecified atom stereocenters. The number of hydrogen-bond donors (Lipinski definition) is 2. The van der Waals surface area contributed by atoms with Crippen molar-refractivity contribution >= 4 is 23.1 Å². The third kappa shape index (κ3) is 5.19. The molecule has 0 saturated heterocycles. The summed E-state index contributed by atoms with van der Waals surface area (Å²) in [6.07, 6.45) is 3.68. The van der Waals surface area contributed by atoms with Crippen molar-refractivity contribution in [2.75, 3.05) is 24.2 Å². The highest BCUT2D eigenvalue weighted by Gasteiger charge is 2.04. The first kappa shape index (κ1) is 14.0. The number of unbranched alkanes of at least 4 members (excludes halogenated alkanes) is 1. The maximum absolute atomic E-state index is 5.78. The lowest BCUT2D eigenvalue weighted by atomic mass is 10.3. The van der Waals surface area contributed by atoms with Gasteiger partial charge in [0.1, 0.15) is 12.0 Å². The fraction of sp³-hybridized carbons (Fsp3) is 0.636. The van der Waals surface area contributed by atoms with Crippen LogP contribution in [0.2, 0.25) is 5.15 Å². The van der Waals surface area contributed by atoms with Gasteiger partial charge in [-0.15, -0.1) is 0 Å². The molecule has 0 bridgehead atoms. The predicted molar refractivity (Wildman–Crippen MR) is 70.3 cm³/mol. The van der Waals surface area contributed by atoms with Gasteiger partial charge in [0.05, 0.1) is 6.10 Å². The van der Waals surface area contributed by atoms with Crippen LogP contribution >= 0.6 is 11.6 Å². The van der Waals surface area contributed by atoms with Crippen LogP contribution in [0.15, 0.2) is 6.33 Å². The van der Waals surface area contributed by atoms with Gasteiger partial charge in [0.2, 0.25) is 0 Å². The van der Waals surface area contributed by atoms with Gasteiger partial charge in [-0.2, -0.15) is 0 Å². The van der Waals surface area contributed by atoms with E-state index in [1.54, 1.807) is 0 Å². The summed E-state index contributed by atoms with van der Waals surface area (Å²) in [5.74, 6) is 0.592. The highest BCUT2D eigenvalue weighted by Crippen LogP contribution is 2.21. The van der Waals surface area contributed by atoms with E-state index >= 15 is 0 Å². The lowest BCUT2D eigenvalue weighted by Gasteiger charge is -2.09. The topological polar surface area (TPSA) is 73.1 Å². The van der Waals surface area contributed by atoms with Gasteiger partial charge < -0.3 is 15.8 Å². The van der Waals surface area contributed by atoms with Crippen LogP contribution in [0.4, 0.5) is 11.5 Å². The highest BCUT2D eigenvalue weighted by atomic mass is 35.5. The summed E-state index contributed by atoms with van der Waals surface area (Å²) >= 11 is 5.78. The van der Waals surface area contributed by atoms with Crippen LogP contribution in [0.1, 0.15) is 26.7 Å². The third-order valence-corrected chi connectivity index (χ3v) is 2.45. The molecule has 1 rings (SSSR count). The van der Waals surface area contributed by atoms with Crippen molar-refractivity contribution in [3.63, 3.8) is 0 Å². The zero-order valence-electron chi connectivity index (χ0n) is 10.2. The number of nitrogens with zero attached hydrogens (tertiary/aromatic N) is 2. The molecule has 0 amide bonds. The molecular weight excluding hydrogens is 240 g/mol. The second-order valence-electron chi connectivity index (χ2n) is 3.98. The molecule has 0 spiro atoms. The van der Waals surface area contributed by atoms with Crippen LogP contribution in [0, 0.1) is 0 Å². The lowest BCUT2D eigenvalue weighted by Crippen LogP contribution is -2.09. The second kappa shape index (κ2) is 7.29. The van der Waals surface area contributed by atoms with Gasteiger partial charge in [0, 0.05) is 13.2 Å². The molecule has 0 atom stereocenters. The molecule has 0 saturated carbocycles. The van der Waals surface area contributed by atoms with E-state index in [1.165, 1.54) is 6.33 Å². The van der Waals surface area contributed by atoms with Gasteiger partial charge in [-0.1, -0.05) is 11.6 Å². The van der Waals surface area contributed by atoms with Crippen LogP contribution in [0.5, 0.6) is 0 Å². The van der Waals surface area contributed by atoms with Gasteiger partial charge in [-0.05, 0) is 26.7 Å². The highest BCUT2D eigenvalue weighted by molar-refractivity contribution is 6.32. The van der Waals surface area contributed by atoms with Gasteiger partial charge in [-0.3, -0.25) is 0 Å². The van der Waals surface area contributed by atoms with Crippen molar-refractivity contribution < 1.29 is 4.74 Å². The summed E-state index contributed by atoms with van der Waals surface area (Å²) in [6.45, 7) is 5.63. The van der Waals surface area contributed by atoms with Crippen molar-refractivity contribution in [1.82, 2.24) is 9.97 Å². The van der Waals surface area contributed by atoms with E-state index in [2.05, 4.69) is 15.3 Å². The number of halogens is 1. The largest absolute Gasteiger partial charge is 0.393 e. The SMILES string of the molecule is CC(C)OCCCCNc1ncnc(Cl)c1N. The maximum atomic E-state index is 5.78. The molecular formula is C11H19ClN4O. The Morgan fingerprint density at radius 1 is 1.41 bits per heavy atom. The van der Waals surface area contributed by atoms with Crippen molar-refractivity contribution in [2.24, 2.45) is 0 Å². The average Bonchev–Trinajstić information content (AvgIpc) is 2.28. The van der Waals surface area contributed by atoms with Gasteiger partial charge in [0.25, 0.3) is 0 Å². The minimum atomic E-state index is 0.283. The first-order valence-corrected chi connectivity index (χ1v) is 6.10. The molecule has 0 aliphatic carbocycles. The van der Waals surface area contributed by atoms with E-state index in [0.717, 1.165) is 26.0 Å². The molecule has 0 radical (unpaired) electrons. The molecule has 17 heavy (non-hydrogen) atoms. The summed E-state index contributed by atoms with van der Waals surface area (Å²) in [5.41, 5.74) is 6.12. The molecule has 96 valence electrons. The second-order valence-corrected chi connectivity index (χ2v) is 4.34. The minimum absolute atomic E-state index is 0.283. The molecule has 0 aromatic carbocycles. The van der Waals surface area contributed by atoms with Crippen LogP contribution < -0.4 is 11.1 Å². The molecule has 0 fully saturated rings. The Morgan fingerprint density at radius 3 is 2.88 bits per heavy atom. The van der Waals surface area contributed by atoms with Crippen LogP contribution in [-0.4, -0.2) is 29.2 Å². The van der Waals surface area contributed by atoms with Crippen LogP contribution in [-0.2, 0) is 4.74 Å². The van der Waals surface area contributed by atoms with Crippen molar-refractivity contribution in [3.05, 3.63) is 11.5 Å². The summed E-state index contributed by atoms with van der Waals surface area (Å²) in [5, 5.41) is 3.41. The predicted octanol–water partition coefficient (Wildman–Crippen LogP) is 2.33. The number of nitrogens with two attached hydrogens (primary N) is 1. The Balaban J connectivity index is 2.20. The monoisotopic (exact) mass is 258 g/mol. The van der Waals surface area contributed by atoms with E-state index in [4.69, 9.17) is 22.1 Å². The molecule has 1 aromatic rings. The fourth-order valence-corrected chi connectivity index (χ4v) is 1.40. The molecule has 6 heteroatoms. The van der Waals surface area contributed by atoms with Crippen LogP contribution in [0.3, 0.4) is 0 Å². The summed E-state index contributed by atoms with van der Waals surface area (Å²) in [7, 11) is 0. The zero-order chi connectivity index (χ0) is 12.7. The molecule has 1 aromatic heterocycles. The lowest BCUT2D eigenvalue weighted by molar-refractivity contribution is 0.0765. The molecule has 3 N–H and O–H groups in total. The van der Waals surface area contributed by atoms with E-state index in [0.29, 0.717) is 17.6 Å². The van der Waals surface area contributed by atoms with Gasteiger partial charge >= 0.3 is 0 Å². The van der Waals surface area contributed by atoms with E-state index < -0.39 is 0 Å². The Kier molecular flexibility index (Phi) is 6.00. The normalized spacial score (nSPS) is 10.8. The molecule has 5 nitrogen and oxygen atoms in total. The van der Waals surface area contributed by atoms with Gasteiger partial charge in [-0.25, -0.2) is 9.97 Å². The molecule has 1 heterocycles. The minimum Gasteiger partial charge on any atom is -0.393 e. The smallest absolute Gasteiger partial charge is 0.157 e. The van der Waals surface area contributed by atoms with Crippen molar-refractivity contribution in [3.8, 4) is 0 Å². The quantitative estimate of drug-likeness (QED) is 0.580. The average molecular weight is 259 g/mol. The van der Waals surface area contributed by atoms with E-state index in [1.807, 2.05) is 13.8 Å².